The van der Waals surface area contributed by atoms with Crippen LogP contribution in [-0.2, 0) is 13.0 Å². The highest BCUT2D eigenvalue weighted by Gasteiger charge is 2.14. The summed E-state index contributed by atoms with van der Waals surface area (Å²) in [7, 11) is 0. The van der Waals surface area contributed by atoms with Gasteiger partial charge in [-0.05, 0) is 37.1 Å². The number of rotatable bonds is 4. The first-order valence-corrected chi connectivity index (χ1v) is 6.85. The second kappa shape index (κ2) is 5.67. The lowest BCUT2D eigenvalue weighted by Crippen LogP contribution is -2.09. The summed E-state index contributed by atoms with van der Waals surface area (Å²) in [6.07, 6.45) is 3.74. The summed E-state index contributed by atoms with van der Waals surface area (Å²) in [5, 5.41) is 10.3. The highest BCUT2D eigenvalue weighted by molar-refractivity contribution is 9.10. The van der Waals surface area contributed by atoms with Gasteiger partial charge in [-0.1, -0.05) is 22.0 Å². The number of hydrogen-bond donors (Lipinski definition) is 1. The monoisotopic (exact) mass is 308 g/mol. The Morgan fingerprint density at radius 3 is 2.94 bits per heavy atom. The highest BCUT2D eigenvalue weighted by atomic mass is 79.9. The van der Waals surface area contributed by atoms with Crippen LogP contribution in [0.4, 0.5) is 0 Å². The summed E-state index contributed by atoms with van der Waals surface area (Å²) in [6, 6.07) is 5.96. The first-order chi connectivity index (χ1) is 8.61. The molecule has 0 amide bonds. The van der Waals surface area contributed by atoms with E-state index in [9.17, 15) is 5.11 Å². The van der Waals surface area contributed by atoms with Crippen molar-refractivity contribution < 1.29 is 5.11 Å². The Morgan fingerprint density at radius 2 is 2.22 bits per heavy atom. The van der Waals surface area contributed by atoms with Gasteiger partial charge in [-0.3, -0.25) is 0 Å². The molecule has 1 unspecified atom stereocenters. The number of hydrogen-bond acceptors (Lipinski definition) is 2. The van der Waals surface area contributed by atoms with Gasteiger partial charge in [0.1, 0.15) is 5.82 Å². The molecule has 0 saturated heterocycles. The third-order valence-corrected chi connectivity index (χ3v) is 3.61. The second-order valence-electron chi connectivity index (χ2n) is 4.35. The fourth-order valence-corrected chi connectivity index (χ4v) is 2.45. The van der Waals surface area contributed by atoms with Crippen molar-refractivity contribution in [1.82, 2.24) is 9.55 Å². The number of nitrogens with zero attached hydrogens (tertiary/aromatic N) is 2. The van der Waals surface area contributed by atoms with Gasteiger partial charge in [-0.15, -0.1) is 0 Å². The predicted octanol–water partition coefficient (Wildman–Crippen LogP) is 3.25. The fourth-order valence-electron chi connectivity index (χ4n) is 2.07. The van der Waals surface area contributed by atoms with Crippen LogP contribution in [-0.4, -0.2) is 14.7 Å². The summed E-state index contributed by atoms with van der Waals surface area (Å²) in [5.74, 6) is 0.921. The molecule has 0 saturated carbocycles. The molecule has 0 spiro atoms. The van der Waals surface area contributed by atoms with Gasteiger partial charge in [0.05, 0.1) is 6.10 Å². The number of aliphatic hydroxyl groups is 1. The first-order valence-electron chi connectivity index (χ1n) is 6.06. The van der Waals surface area contributed by atoms with Gasteiger partial charge in [0.15, 0.2) is 0 Å². The Morgan fingerprint density at radius 1 is 1.44 bits per heavy atom. The number of benzene rings is 1. The maximum atomic E-state index is 10.3. The topological polar surface area (TPSA) is 38.0 Å². The van der Waals surface area contributed by atoms with E-state index in [1.54, 1.807) is 6.20 Å². The molecular weight excluding hydrogens is 292 g/mol. The summed E-state index contributed by atoms with van der Waals surface area (Å²) in [4.78, 5) is 4.30. The summed E-state index contributed by atoms with van der Waals surface area (Å²) in [6.45, 7) is 4.96. The van der Waals surface area contributed by atoms with E-state index < -0.39 is 6.10 Å². The van der Waals surface area contributed by atoms with Crippen LogP contribution >= 0.6 is 15.9 Å². The zero-order valence-corrected chi connectivity index (χ0v) is 12.2. The van der Waals surface area contributed by atoms with Crippen LogP contribution in [0, 0.1) is 6.92 Å². The van der Waals surface area contributed by atoms with Gasteiger partial charge in [-0.2, -0.15) is 0 Å². The van der Waals surface area contributed by atoms with Crippen molar-refractivity contribution in [2.24, 2.45) is 0 Å². The van der Waals surface area contributed by atoms with Crippen LogP contribution in [0.25, 0.3) is 0 Å². The minimum Gasteiger partial charge on any atom is -0.388 e. The molecule has 0 bridgehead atoms. The number of halogens is 1. The molecule has 1 N–H and O–H groups in total. The van der Waals surface area contributed by atoms with Crippen LogP contribution in [0.5, 0.6) is 0 Å². The van der Waals surface area contributed by atoms with Crippen LogP contribution in [0.2, 0.25) is 0 Å². The van der Waals surface area contributed by atoms with Crippen molar-refractivity contribution in [2.45, 2.75) is 32.9 Å². The third kappa shape index (κ3) is 2.82. The Kier molecular flexibility index (Phi) is 4.19. The van der Waals surface area contributed by atoms with Crippen molar-refractivity contribution in [1.29, 1.82) is 0 Å². The van der Waals surface area contributed by atoms with Gasteiger partial charge in [-0.25, -0.2) is 4.98 Å². The maximum Gasteiger partial charge on any atom is 0.111 e. The van der Waals surface area contributed by atoms with Crippen molar-refractivity contribution in [3.8, 4) is 0 Å². The Balaban J connectivity index is 2.21. The van der Waals surface area contributed by atoms with Crippen LogP contribution < -0.4 is 0 Å². The quantitative estimate of drug-likeness (QED) is 0.941. The van der Waals surface area contributed by atoms with E-state index >= 15 is 0 Å². The summed E-state index contributed by atoms with van der Waals surface area (Å²) in [5.41, 5.74) is 2.05. The van der Waals surface area contributed by atoms with E-state index in [2.05, 4.69) is 32.4 Å². The van der Waals surface area contributed by atoms with E-state index in [1.165, 1.54) is 0 Å². The molecular formula is C14H17BrN2O. The zero-order chi connectivity index (χ0) is 13.1. The molecule has 4 heteroatoms. The van der Waals surface area contributed by atoms with Crippen molar-refractivity contribution in [2.75, 3.05) is 0 Å². The highest BCUT2D eigenvalue weighted by Crippen LogP contribution is 2.24. The normalized spacial score (nSPS) is 12.7. The Labute approximate surface area is 116 Å². The van der Waals surface area contributed by atoms with E-state index in [4.69, 9.17) is 0 Å². The number of aryl methyl sites for hydroxylation is 2. The minimum absolute atomic E-state index is 0.518. The smallest absolute Gasteiger partial charge is 0.111 e. The molecule has 0 aliphatic heterocycles. The van der Waals surface area contributed by atoms with Gasteiger partial charge in [0, 0.05) is 29.8 Å². The molecule has 0 aliphatic rings. The van der Waals surface area contributed by atoms with Gasteiger partial charge in [0.25, 0.3) is 0 Å². The lowest BCUT2D eigenvalue weighted by molar-refractivity contribution is 0.174. The predicted molar refractivity (Wildman–Crippen MR) is 75.4 cm³/mol. The number of aromatic nitrogens is 2. The van der Waals surface area contributed by atoms with E-state index in [-0.39, 0.29) is 0 Å². The lowest BCUT2D eigenvalue weighted by atomic mass is 10.0. The molecule has 1 atom stereocenters. The van der Waals surface area contributed by atoms with Gasteiger partial charge in [0.2, 0.25) is 0 Å². The molecule has 1 heterocycles. The van der Waals surface area contributed by atoms with Crippen molar-refractivity contribution in [3.63, 3.8) is 0 Å². The van der Waals surface area contributed by atoms with Crippen LogP contribution in [0.3, 0.4) is 0 Å². The average molecular weight is 309 g/mol. The molecule has 18 heavy (non-hydrogen) atoms. The lowest BCUT2D eigenvalue weighted by Gasteiger charge is -2.14. The summed E-state index contributed by atoms with van der Waals surface area (Å²) >= 11 is 3.44. The first kappa shape index (κ1) is 13.3. The van der Waals surface area contributed by atoms with Gasteiger partial charge >= 0.3 is 0 Å². The molecule has 0 radical (unpaired) electrons. The average Bonchev–Trinajstić information content (AvgIpc) is 2.79. The molecule has 1 aromatic heterocycles. The van der Waals surface area contributed by atoms with Crippen molar-refractivity contribution >= 4 is 15.9 Å². The Hall–Kier alpha value is -1.13. The van der Waals surface area contributed by atoms with E-state index in [0.717, 1.165) is 28.0 Å². The van der Waals surface area contributed by atoms with Crippen LogP contribution in [0.15, 0.2) is 35.1 Å². The Bertz CT molecular complexity index is 536. The molecule has 1 aromatic carbocycles. The molecule has 3 nitrogen and oxygen atoms in total. The van der Waals surface area contributed by atoms with E-state index in [0.29, 0.717) is 6.42 Å². The third-order valence-electron chi connectivity index (χ3n) is 3.12. The summed E-state index contributed by atoms with van der Waals surface area (Å²) < 4.78 is 3.04. The SMILES string of the molecule is CCn1ccnc1CC(O)c1cc(Br)ccc1C. The second-order valence-corrected chi connectivity index (χ2v) is 5.27. The van der Waals surface area contributed by atoms with E-state index in [1.807, 2.05) is 31.3 Å². The zero-order valence-electron chi connectivity index (χ0n) is 10.6. The van der Waals surface area contributed by atoms with Gasteiger partial charge < -0.3 is 9.67 Å². The maximum absolute atomic E-state index is 10.3. The standard InChI is InChI=1S/C14H17BrN2O/c1-3-17-7-6-16-14(17)9-13(18)12-8-11(15)5-4-10(12)2/h4-8,13,18H,3,9H2,1-2H3. The number of aliphatic hydroxyl groups excluding tert-OH is 1. The fraction of sp³-hybridized carbons (Fsp3) is 0.357. The largest absolute Gasteiger partial charge is 0.388 e. The molecule has 0 fully saturated rings. The molecule has 2 aromatic rings. The molecule has 2 rings (SSSR count). The van der Waals surface area contributed by atoms with Crippen LogP contribution in [0.1, 0.15) is 30.0 Å². The number of imidazole rings is 1. The molecule has 0 aliphatic carbocycles. The molecule has 96 valence electrons. The minimum atomic E-state index is -0.518. The van der Waals surface area contributed by atoms with Crippen molar-refractivity contribution in [3.05, 3.63) is 52.0 Å².